The van der Waals surface area contributed by atoms with Gasteiger partial charge >= 0.3 is 5.97 Å². The van der Waals surface area contributed by atoms with Crippen molar-refractivity contribution in [2.75, 3.05) is 27.2 Å². The van der Waals surface area contributed by atoms with Crippen LogP contribution in [-0.2, 0) is 4.79 Å². The highest BCUT2D eigenvalue weighted by Gasteiger charge is 2.13. The van der Waals surface area contributed by atoms with Crippen LogP contribution in [0.1, 0.15) is 142 Å². The first kappa shape index (κ1) is 29.4. The van der Waals surface area contributed by atoms with E-state index in [0.717, 1.165) is 12.8 Å². The van der Waals surface area contributed by atoms with Crippen molar-refractivity contribution in [3.63, 3.8) is 0 Å². The average molecular weight is 427 g/mol. The number of carbonyl (C=O) groups is 1. The van der Waals surface area contributed by atoms with Crippen molar-refractivity contribution in [3.05, 3.63) is 0 Å². The van der Waals surface area contributed by atoms with Gasteiger partial charge in [-0.15, -0.1) is 0 Å². The summed E-state index contributed by atoms with van der Waals surface area (Å²) in [4.78, 5) is 10.5. The third-order valence-electron chi connectivity index (χ3n) is 6.52. The summed E-state index contributed by atoms with van der Waals surface area (Å²) in [6, 6.07) is 0. The topological polar surface area (TPSA) is 37.3 Å². The van der Waals surface area contributed by atoms with Gasteiger partial charge in [0.2, 0.25) is 0 Å². The zero-order chi connectivity index (χ0) is 22.3. The van der Waals surface area contributed by atoms with Crippen LogP contribution in [0.5, 0.6) is 0 Å². The first-order chi connectivity index (χ1) is 14.5. The van der Waals surface area contributed by atoms with Crippen molar-refractivity contribution in [3.8, 4) is 0 Å². The van der Waals surface area contributed by atoms with Gasteiger partial charge in [-0.2, -0.15) is 0 Å². The Morgan fingerprint density at radius 1 is 0.533 bits per heavy atom. The van der Waals surface area contributed by atoms with Crippen LogP contribution in [0.4, 0.5) is 0 Å². The Bertz CT molecular complexity index is 368. The lowest BCUT2D eigenvalue weighted by Gasteiger charge is -2.30. The van der Waals surface area contributed by atoms with Crippen molar-refractivity contribution < 1.29 is 14.4 Å². The molecule has 0 aromatic carbocycles. The molecule has 0 aromatic heterocycles. The van der Waals surface area contributed by atoms with Gasteiger partial charge in [0.25, 0.3) is 0 Å². The van der Waals surface area contributed by atoms with E-state index in [0.29, 0.717) is 6.42 Å². The molecule has 0 saturated carbocycles. The predicted molar refractivity (Wildman–Crippen MR) is 132 cm³/mol. The molecule has 0 heterocycles. The third-order valence-corrected chi connectivity index (χ3v) is 6.52. The van der Waals surface area contributed by atoms with Crippen LogP contribution in [0.2, 0.25) is 0 Å². The molecule has 0 unspecified atom stereocenters. The van der Waals surface area contributed by atoms with Crippen LogP contribution in [0.25, 0.3) is 0 Å². The number of unbranched alkanes of at least 4 members (excludes halogenated alkanes) is 18. The molecule has 0 aliphatic heterocycles. The summed E-state index contributed by atoms with van der Waals surface area (Å²) in [5, 5.41) is 8.62. The van der Waals surface area contributed by atoms with Gasteiger partial charge in [-0.05, 0) is 32.1 Å². The summed E-state index contributed by atoms with van der Waals surface area (Å²) in [5.41, 5.74) is 0. The Kier molecular flexibility index (Phi) is 21.2. The van der Waals surface area contributed by atoms with E-state index < -0.39 is 5.97 Å². The van der Waals surface area contributed by atoms with Gasteiger partial charge in [-0.3, -0.25) is 4.79 Å². The van der Waals surface area contributed by atoms with Crippen molar-refractivity contribution in [2.45, 2.75) is 142 Å². The minimum atomic E-state index is -0.653. The van der Waals surface area contributed by atoms with Gasteiger partial charge in [0.15, 0.2) is 0 Å². The Morgan fingerprint density at radius 3 is 1.17 bits per heavy atom. The normalized spacial score (nSPS) is 11.8. The molecule has 0 rings (SSSR count). The Balaban J connectivity index is 3.32. The van der Waals surface area contributed by atoms with Crippen molar-refractivity contribution in [1.29, 1.82) is 0 Å². The van der Waals surface area contributed by atoms with Gasteiger partial charge in [-0.1, -0.05) is 103 Å². The molecule has 0 spiro atoms. The summed E-state index contributed by atoms with van der Waals surface area (Å²) in [6.45, 7) is 4.97. The highest BCUT2D eigenvalue weighted by molar-refractivity contribution is 5.66. The Hall–Kier alpha value is -0.570. The van der Waals surface area contributed by atoms with E-state index in [1.54, 1.807) is 0 Å². The summed E-state index contributed by atoms with van der Waals surface area (Å²) in [7, 11) is 4.83. The SMILES string of the molecule is CCCCCCCCCCCC[N+](C)(C)CCCCCCCCCCCCC(=O)O. The highest BCUT2D eigenvalue weighted by atomic mass is 16.4. The van der Waals surface area contributed by atoms with Crippen LogP contribution in [-0.4, -0.2) is 42.7 Å². The number of rotatable bonds is 24. The average Bonchev–Trinajstić information content (AvgIpc) is 2.70. The predicted octanol–water partition coefficient (Wildman–Crippen LogP) is 8.36. The highest BCUT2D eigenvalue weighted by Crippen LogP contribution is 2.14. The second-order valence-electron chi connectivity index (χ2n) is 10.2. The summed E-state index contributed by atoms with van der Waals surface area (Å²) in [5.74, 6) is -0.653. The van der Waals surface area contributed by atoms with E-state index in [1.165, 1.54) is 133 Å². The molecule has 3 nitrogen and oxygen atoms in total. The van der Waals surface area contributed by atoms with Crippen molar-refractivity contribution in [2.24, 2.45) is 0 Å². The number of hydrogen-bond donors (Lipinski definition) is 1. The molecule has 0 saturated heterocycles. The number of carboxylic acid groups (broad SMARTS) is 1. The maximum atomic E-state index is 10.5. The summed E-state index contributed by atoms with van der Waals surface area (Å²) >= 11 is 0. The van der Waals surface area contributed by atoms with Gasteiger partial charge in [0, 0.05) is 6.42 Å². The molecule has 0 aliphatic carbocycles. The smallest absolute Gasteiger partial charge is 0.303 e. The zero-order valence-corrected chi connectivity index (χ0v) is 21.1. The van der Waals surface area contributed by atoms with E-state index in [2.05, 4.69) is 21.0 Å². The second kappa shape index (κ2) is 21.7. The molecule has 0 atom stereocenters. The third kappa shape index (κ3) is 23.7. The van der Waals surface area contributed by atoms with Crippen LogP contribution < -0.4 is 0 Å². The number of nitrogens with zero attached hydrogens (tertiary/aromatic N) is 1. The minimum absolute atomic E-state index is 0.341. The maximum Gasteiger partial charge on any atom is 0.303 e. The lowest BCUT2D eigenvalue weighted by atomic mass is 10.1. The number of quaternary nitrogens is 1. The molecule has 0 radical (unpaired) electrons. The molecule has 0 aliphatic rings. The molecule has 30 heavy (non-hydrogen) atoms. The fourth-order valence-electron chi connectivity index (χ4n) is 4.37. The minimum Gasteiger partial charge on any atom is -0.481 e. The van der Waals surface area contributed by atoms with Crippen molar-refractivity contribution >= 4 is 5.97 Å². The molecule has 1 N–H and O–H groups in total. The molecular weight excluding hydrogens is 370 g/mol. The van der Waals surface area contributed by atoms with Crippen molar-refractivity contribution in [1.82, 2.24) is 0 Å². The monoisotopic (exact) mass is 426 g/mol. The van der Waals surface area contributed by atoms with E-state index in [1.807, 2.05) is 0 Å². The zero-order valence-electron chi connectivity index (χ0n) is 21.1. The van der Waals surface area contributed by atoms with Crippen LogP contribution >= 0.6 is 0 Å². The van der Waals surface area contributed by atoms with Gasteiger partial charge in [0.05, 0.1) is 27.2 Å². The second-order valence-corrected chi connectivity index (χ2v) is 10.2. The Labute approximate surface area is 189 Å². The molecule has 0 aromatic rings. The largest absolute Gasteiger partial charge is 0.481 e. The molecule has 0 amide bonds. The van der Waals surface area contributed by atoms with Gasteiger partial charge in [0.1, 0.15) is 0 Å². The standard InChI is InChI=1S/C27H55NO2/c1-4-5-6-7-8-9-13-16-19-22-25-28(2,3)26-23-20-17-14-11-10-12-15-18-21-24-27(29)30/h4-26H2,1-3H3/p+1. The first-order valence-corrected chi connectivity index (χ1v) is 13.5. The Morgan fingerprint density at radius 2 is 0.833 bits per heavy atom. The van der Waals surface area contributed by atoms with E-state index in [4.69, 9.17) is 5.11 Å². The fourth-order valence-corrected chi connectivity index (χ4v) is 4.37. The number of carboxylic acids is 1. The number of hydrogen-bond acceptors (Lipinski definition) is 1. The van der Waals surface area contributed by atoms with Gasteiger partial charge in [-0.25, -0.2) is 0 Å². The first-order valence-electron chi connectivity index (χ1n) is 13.5. The van der Waals surface area contributed by atoms with Crippen LogP contribution in [0.15, 0.2) is 0 Å². The lowest BCUT2D eigenvalue weighted by molar-refractivity contribution is -0.890. The molecular formula is C27H56NO2+. The summed E-state index contributed by atoms with van der Waals surface area (Å²) < 4.78 is 1.20. The molecule has 3 heteroatoms. The fraction of sp³-hybridized carbons (Fsp3) is 0.963. The van der Waals surface area contributed by atoms with Crippen LogP contribution in [0, 0.1) is 0 Å². The molecule has 180 valence electrons. The van der Waals surface area contributed by atoms with E-state index in [-0.39, 0.29) is 0 Å². The van der Waals surface area contributed by atoms with E-state index >= 15 is 0 Å². The molecule has 0 bridgehead atoms. The maximum absolute atomic E-state index is 10.5. The van der Waals surface area contributed by atoms with Crippen LogP contribution in [0.3, 0.4) is 0 Å². The quantitative estimate of drug-likeness (QED) is 0.124. The molecule has 0 fully saturated rings. The van der Waals surface area contributed by atoms with E-state index in [9.17, 15) is 4.79 Å². The summed E-state index contributed by atoms with van der Waals surface area (Å²) in [6.07, 6.45) is 27.2. The number of aliphatic carboxylic acids is 1. The lowest BCUT2D eigenvalue weighted by Crippen LogP contribution is -2.41. The van der Waals surface area contributed by atoms with Gasteiger partial charge < -0.3 is 9.59 Å².